The molecule has 3 atom stereocenters. The van der Waals surface area contributed by atoms with E-state index in [2.05, 4.69) is 24.2 Å². The molecule has 1 saturated carbocycles. The number of nitrogens with one attached hydrogen (secondary N) is 1. The lowest BCUT2D eigenvalue weighted by atomic mass is 9.86. The molecular weight excluding hydrogens is 224 g/mol. The van der Waals surface area contributed by atoms with Gasteiger partial charge in [-0.15, -0.1) is 0 Å². The molecule has 2 aliphatic rings. The molecule has 2 rings (SSSR count). The zero-order valence-electron chi connectivity index (χ0n) is 12.2. The molecule has 1 saturated heterocycles. The van der Waals surface area contributed by atoms with Gasteiger partial charge in [0.25, 0.3) is 0 Å². The molecule has 0 aromatic heterocycles. The minimum Gasteiger partial charge on any atom is -0.381 e. The van der Waals surface area contributed by atoms with Crippen molar-refractivity contribution in [3.05, 3.63) is 0 Å². The SMILES string of the molecule is CC1CCCC(N(C)CCNCC2CCOC2)C1. The zero-order valence-corrected chi connectivity index (χ0v) is 12.2. The van der Waals surface area contributed by atoms with Crippen molar-refractivity contribution in [2.75, 3.05) is 39.9 Å². The van der Waals surface area contributed by atoms with Crippen molar-refractivity contribution >= 4 is 0 Å². The third kappa shape index (κ3) is 4.52. The van der Waals surface area contributed by atoms with Gasteiger partial charge in [0.15, 0.2) is 0 Å². The lowest BCUT2D eigenvalue weighted by molar-refractivity contribution is 0.163. The van der Waals surface area contributed by atoms with E-state index in [1.54, 1.807) is 0 Å². The summed E-state index contributed by atoms with van der Waals surface area (Å²) >= 11 is 0. The standard InChI is InChI=1S/C15H30N2O/c1-13-4-3-5-15(10-13)17(2)8-7-16-11-14-6-9-18-12-14/h13-16H,3-12H2,1-2H3. The highest BCUT2D eigenvalue weighted by molar-refractivity contribution is 4.77. The molecule has 106 valence electrons. The summed E-state index contributed by atoms with van der Waals surface area (Å²) in [6.07, 6.45) is 6.89. The Hall–Kier alpha value is -0.120. The molecule has 1 N–H and O–H groups in total. The van der Waals surface area contributed by atoms with Crippen LogP contribution in [0.2, 0.25) is 0 Å². The molecule has 1 aliphatic heterocycles. The van der Waals surface area contributed by atoms with Gasteiger partial charge in [0, 0.05) is 32.3 Å². The van der Waals surface area contributed by atoms with Crippen LogP contribution < -0.4 is 5.32 Å². The lowest BCUT2D eigenvalue weighted by Gasteiger charge is -2.34. The molecule has 0 aromatic carbocycles. The molecule has 0 spiro atoms. The summed E-state index contributed by atoms with van der Waals surface area (Å²) in [5, 5.41) is 3.59. The fraction of sp³-hybridized carbons (Fsp3) is 1.00. The van der Waals surface area contributed by atoms with Crippen molar-refractivity contribution in [3.8, 4) is 0 Å². The average Bonchev–Trinajstić information content (AvgIpc) is 2.87. The van der Waals surface area contributed by atoms with E-state index in [1.807, 2.05) is 0 Å². The van der Waals surface area contributed by atoms with Gasteiger partial charge in [0.1, 0.15) is 0 Å². The summed E-state index contributed by atoms with van der Waals surface area (Å²) in [4.78, 5) is 2.56. The van der Waals surface area contributed by atoms with Crippen molar-refractivity contribution in [1.82, 2.24) is 10.2 Å². The van der Waals surface area contributed by atoms with Gasteiger partial charge in [0.05, 0.1) is 6.61 Å². The average molecular weight is 254 g/mol. The largest absolute Gasteiger partial charge is 0.381 e. The topological polar surface area (TPSA) is 24.5 Å². The number of nitrogens with zero attached hydrogens (tertiary/aromatic N) is 1. The Bertz CT molecular complexity index is 229. The maximum Gasteiger partial charge on any atom is 0.0507 e. The Kier molecular flexibility index (Phi) is 5.93. The van der Waals surface area contributed by atoms with Gasteiger partial charge in [-0.1, -0.05) is 19.8 Å². The van der Waals surface area contributed by atoms with Gasteiger partial charge in [-0.25, -0.2) is 0 Å². The Morgan fingerprint density at radius 3 is 2.89 bits per heavy atom. The summed E-state index contributed by atoms with van der Waals surface area (Å²) in [6.45, 7) is 7.77. The van der Waals surface area contributed by atoms with Crippen LogP contribution in [-0.2, 0) is 4.74 Å². The van der Waals surface area contributed by atoms with Gasteiger partial charge in [-0.3, -0.25) is 0 Å². The quantitative estimate of drug-likeness (QED) is 0.735. The first-order valence-corrected chi connectivity index (χ1v) is 7.74. The van der Waals surface area contributed by atoms with Crippen LogP contribution in [0.5, 0.6) is 0 Å². The van der Waals surface area contributed by atoms with Crippen LogP contribution >= 0.6 is 0 Å². The van der Waals surface area contributed by atoms with Crippen LogP contribution in [0.25, 0.3) is 0 Å². The normalized spacial score (nSPS) is 33.2. The summed E-state index contributed by atoms with van der Waals surface area (Å²) in [7, 11) is 2.29. The van der Waals surface area contributed by atoms with Crippen LogP contribution in [-0.4, -0.2) is 50.8 Å². The first-order valence-electron chi connectivity index (χ1n) is 7.74. The van der Waals surface area contributed by atoms with Crippen molar-refractivity contribution in [2.45, 2.75) is 45.1 Å². The van der Waals surface area contributed by atoms with Gasteiger partial charge in [-0.05, 0) is 38.1 Å². The Labute approximate surface area is 112 Å². The number of likely N-dealkylation sites (N-methyl/N-ethyl adjacent to an activating group) is 1. The molecule has 3 heteroatoms. The molecule has 2 fully saturated rings. The first-order chi connectivity index (χ1) is 8.75. The van der Waals surface area contributed by atoms with Crippen LogP contribution in [0.15, 0.2) is 0 Å². The molecule has 3 nitrogen and oxygen atoms in total. The van der Waals surface area contributed by atoms with Crippen molar-refractivity contribution in [2.24, 2.45) is 11.8 Å². The molecular formula is C15H30N2O. The Morgan fingerprint density at radius 2 is 2.17 bits per heavy atom. The second kappa shape index (κ2) is 7.46. The predicted octanol–water partition coefficient (Wildman–Crippen LogP) is 2.12. The maximum atomic E-state index is 5.39. The summed E-state index contributed by atoms with van der Waals surface area (Å²) in [5.41, 5.74) is 0. The molecule has 3 unspecified atom stereocenters. The van der Waals surface area contributed by atoms with Crippen LogP contribution in [0, 0.1) is 11.8 Å². The number of hydrogen-bond acceptors (Lipinski definition) is 3. The zero-order chi connectivity index (χ0) is 12.8. The third-order valence-corrected chi connectivity index (χ3v) is 4.63. The van der Waals surface area contributed by atoms with E-state index in [0.717, 1.165) is 44.2 Å². The van der Waals surface area contributed by atoms with Gasteiger partial charge in [-0.2, -0.15) is 0 Å². The van der Waals surface area contributed by atoms with Gasteiger partial charge >= 0.3 is 0 Å². The fourth-order valence-electron chi connectivity index (χ4n) is 3.29. The highest BCUT2D eigenvalue weighted by atomic mass is 16.5. The van der Waals surface area contributed by atoms with Crippen LogP contribution in [0.3, 0.4) is 0 Å². The van der Waals surface area contributed by atoms with Crippen molar-refractivity contribution in [1.29, 1.82) is 0 Å². The molecule has 0 radical (unpaired) electrons. The van der Waals surface area contributed by atoms with Crippen LogP contribution in [0.4, 0.5) is 0 Å². The summed E-state index contributed by atoms with van der Waals surface area (Å²) < 4.78 is 5.39. The monoisotopic (exact) mass is 254 g/mol. The van der Waals surface area contributed by atoms with E-state index in [0.29, 0.717) is 0 Å². The molecule has 1 heterocycles. The second-order valence-corrected chi connectivity index (χ2v) is 6.34. The smallest absolute Gasteiger partial charge is 0.0507 e. The van der Waals surface area contributed by atoms with Crippen molar-refractivity contribution < 1.29 is 4.74 Å². The lowest BCUT2D eigenvalue weighted by Crippen LogP contribution is -2.40. The van der Waals surface area contributed by atoms with E-state index in [1.165, 1.54) is 38.6 Å². The predicted molar refractivity (Wildman–Crippen MR) is 75.8 cm³/mol. The van der Waals surface area contributed by atoms with Crippen LogP contribution in [0.1, 0.15) is 39.0 Å². The van der Waals surface area contributed by atoms with E-state index in [-0.39, 0.29) is 0 Å². The van der Waals surface area contributed by atoms with E-state index in [4.69, 9.17) is 4.74 Å². The minimum atomic E-state index is 0.755. The van der Waals surface area contributed by atoms with E-state index in [9.17, 15) is 0 Å². The Morgan fingerprint density at radius 1 is 1.28 bits per heavy atom. The first kappa shape index (κ1) is 14.3. The number of ether oxygens (including phenoxy) is 1. The fourth-order valence-corrected chi connectivity index (χ4v) is 3.29. The minimum absolute atomic E-state index is 0.755. The van der Waals surface area contributed by atoms with E-state index >= 15 is 0 Å². The molecule has 0 bridgehead atoms. The Balaban J connectivity index is 1.54. The molecule has 0 aromatic rings. The molecule has 0 amide bonds. The second-order valence-electron chi connectivity index (χ2n) is 6.34. The van der Waals surface area contributed by atoms with Gasteiger partial charge in [0.2, 0.25) is 0 Å². The highest BCUT2D eigenvalue weighted by Crippen LogP contribution is 2.26. The summed E-state index contributed by atoms with van der Waals surface area (Å²) in [6, 6.07) is 0.824. The van der Waals surface area contributed by atoms with Gasteiger partial charge < -0.3 is 15.0 Å². The highest BCUT2D eigenvalue weighted by Gasteiger charge is 2.22. The molecule has 1 aliphatic carbocycles. The molecule has 18 heavy (non-hydrogen) atoms. The van der Waals surface area contributed by atoms with Crippen molar-refractivity contribution in [3.63, 3.8) is 0 Å². The van der Waals surface area contributed by atoms with E-state index < -0.39 is 0 Å². The number of hydrogen-bond donors (Lipinski definition) is 1. The maximum absolute atomic E-state index is 5.39. The number of rotatable bonds is 6. The summed E-state index contributed by atoms with van der Waals surface area (Å²) in [5.74, 6) is 1.68. The third-order valence-electron chi connectivity index (χ3n) is 4.63.